The number of ether oxygens (including phenoxy) is 1. The highest BCUT2D eigenvalue weighted by atomic mass is 16.5. The quantitative estimate of drug-likeness (QED) is 0.809. The minimum absolute atomic E-state index is 0.0219. The van der Waals surface area contributed by atoms with Crippen LogP contribution in [0.3, 0.4) is 0 Å². The zero-order chi connectivity index (χ0) is 16.7. The predicted molar refractivity (Wildman–Crippen MR) is 88.4 cm³/mol. The van der Waals surface area contributed by atoms with E-state index in [1.807, 2.05) is 31.2 Å². The molecule has 126 valence electrons. The zero-order valence-corrected chi connectivity index (χ0v) is 13.8. The van der Waals surface area contributed by atoms with E-state index in [1.165, 1.54) is 0 Å². The predicted octanol–water partition coefficient (Wildman–Crippen LogP) is 1.54. The van der Waals surface area contributed by atoms with Gasteiger partial charge in [0.15, 0.2) is 0 Å². The second-order valence-electron chi connectivity index (χ2n) is 5.77. The number of nitrogens with one attached hydrogen (secondary N) is 2. The van der Waals surface area contributed by atoms with Gasteiger partial charge in [-0.2, -0.15) is 0 Å². The van der Waals surface area contributed by atoms with Gasteiger partial charge in [-0.3, -0.25) is 4.79 Å². The molecule has 0 aromatic heterocycles. The molecule has 1 aromatic carbocycles. The van der Waals surface area contributed by atoms with Gasteiger partial charge in [0, 0.05) is 26.1 Å². The summed E-state index contributed by atoms with van der Waals surface area (Å²) in [6.07, 6.45) is 1.43. The highest BCUT2D eigenvalue weighted by molar-refractivity contribution is 5.79. The Kier molecular flexibility index (Phi) is 6.26. The van der Waals surface area contributed by atoms with Gasteiger partial charge in [-0.15, -0.1) is 0 Å². The number of benzene rings is 1. The Balaban J connectivity index is 1.65. The van der Waals surface area contributed by atoms with Crippen LogP contribution >= 0.6 is 0 Å². The third-order valence-electron chi connectivity index (χ3n) is 4.04. The Bertz CT molecular complexity index is 540. The maximum Gasteiger partial charge on any atom is 0.317 e. The molecule has 1 saturated heterocycles. The van der Waals surface area contributed by atoms with E-state index in [1.54, 1.807) is 11.9 Å². The fourth-order valence-corrected chi connectivity index (χ4v) is 2.69. The third-order valence-corrected chi connectivity index (χ3v) is 4.04. The van der Waals surface area contributed by atoms with Gasteiger partial charge in [0.05, 0.1) is 6.54 Å². The molecule has 2 N–H and O–H groups in total. The molecule has 3 amide bonds. The first-order valence-corrected chi connectivity index (χ1v) is 8.04. The smallest absolute Gasteiger partial charge is 0.317 e. The van der Waals surface area contributed by atoms with E-state index >= 15 is 0 Å². The summed E-state index contributed by atoms with van der Waals surface area (Å²) in [5, 5.41) is 5.52. The van der Waals surface area contributed by atoms with E-state index in [9.17, 15) is 9.59 Å². The van der Waals surface area contributed by atoms with Crippen molar-refractivity contribution in [2.45, 2.75) is 19.8 Å². The van der Waals surface area contributed by atoms with E-state index < -0.39 is 0 Å². The monoisotopic (exact) mass is 319 g/mol. The van der Waals surface area contributed by atoms with Crippen LogP contribution in [0.5, 0.6) is 5.75 Å². The highest BCUT2D eigenvalue weighted by Crippen LogP contribution is 2.17. The van der Waals surface area contributed by atoms with Crippen molar-refractivity contribution in [1.82, 2.24) is 15.5 Å². The molecule has 1 heterocycles. The molecule has 0 radical (unpaired) electrons. The number of piperidine rings is 1. The van der Waals surface area contributed by atoms with Crippen LogP contribution in [-0.4, -0.2) is 50.1 Å². The first-order chi connectivity index (χ1) is 11.1. The second-order valence-corrected chi connectivity index (χ2v) is 5.77. The van der Waals surface area contributed by atoms with E-state index in [4.69, 9.17) is 4.74 Å². The fraction of sp³-hybridized carbons (Fsp3) is 0.529. The number of amides is 3. The average Bonchev–Trinajstić information content (AvgIpc) is 2.58. The SMILES string of the molecule is CNC(=O)C1CCN(C(=O)NCCOc2cccc(C)c2)CC1. The maximum atomic E-state index is 12.1. The lowest BCUT2D eigenvalue weighted by Gasteiger charge is -2.31. The van der Waals surface area contributed by atoms with Gasteiger partial charge in [0.1, 0.15) is 12.4 Å². The Morgan fingerprint density at radius 3 is 2.70 bits per heavy atom. The number of rotatable bonds is 5. The van der Waals surface area contributed by atoms with Gasteiger partial charge >= 0.3 is 6.03 Å². The highest BCUT2D eigenvalue weighted by Gasteiger charge is 2.26. The van der Waals surface area contributed by atoms with E-state index in [0.29, 0.717) is 39.1 Å². The van der Waals surface area contributed by atoms with Crippen LogP contribution in [0.2, 0.25) is 0 Å². The van der Waals surface area contributed by atoms with E-state index in [0.717, 1.165) is 11.3 Å². The molecule has 0 bridgehead atoms. The standard InChI is InChI=1S/C17H25N3O3/c1-13-4-3-5-15(12-13)23-11-8-19-17(22)20-9-6-14(7-10-20)16(21)18-2/h3-5,12,14H,6-11H2,1-2H3,(H,18,21)(H,19,22). The molecular formula is C17H25N3O3. The van der Waals surface area contributed by atoms with Crippen molar-refractivity contribution in [2.24, 2.45) is 5.92 Å². The van der Waals surface area contributed by atoms with Crippen LogP contribution in [0.15, 0.2) is 24.3 Å². The number of urea groups is 1. The first-order valence-electron chi connectivity index (χ1n) is 8.04. The average molecular weight is 319 g/mol. The summed E-state index contributed by atoms with van der Waals surface area (Å²) < 4.78 is 5.60. The van der Waals surface area contributed by atoms with Crippen molar-refractivity contribution >= 4 is 11.9 Å². The molecule has 0 saturated carbocycles. The number of hydrogen-bond acceptors (Lipinski definition) is 3. The molecule has 6 nitrogen and oxygen atoms in total. The zero-order valence-electron chi connectivity index (χ0n) is 13.8. The molecule has 2 rings (SSSR count). The lowest BCUT2D eigenvalue weighted by molar-refractivity contribution is -0.125. The summed E-state index contributed by atoms with van der Waals surface area (Å²) in [6, 6.07) is 7.73. The summed E-state index contributed by atoms with van der Waals surface area (Å²) >= 11 is 0. The largest absolute Gasteiger partial charge is 0.492 e. The maximum absolute atomic E-state index is 12.1. The van der Waals surface area contributed by atoms with Crippen LogP contribution in [0.4, 0.5) is 4.79 Å². The molecule has 1 fully saturated rings. The molecule has 0 unspecified atom stereocenters. The fourth-order valence-electron chi connectivity index (χ4n) is 2.69. The summed E-state index contributed by atoms with van der Waals surface area (Å²) in [7, 11) is 1.65. The van der Waals surface area contributed by atoms with Crippen molar-refractivity contribution in [1.29, 1.82) is 0 Å². The van der Waals surface area contributed by atoms with Gasteiger partial charge in [-0.05, 0) is 37.5 Å². The van der Waals surface area contributed by atoms with Crippen LogP contribution in [0, 0.1) is 12.8 Å². The van der Waals surface area contributed by atoms with Gasteiger partial charge in [-0.1, -0.05) is 12.1 Å². The number of carbonyl (C=O) groups excluding carboxylic acids is 2. The summed E-state index contributed by atoms with van der Waals surface area (Å²) in [4.78, 5) is 25.4. The van der Waals surface area contributed by atoms with E-state index in [2.05, 4.69) is 10.6 Å². The molecule has 1 aliphatic rings. The summed E-state index contributed by atoms with van der Waals surface area (Å²) in [6.45, 7) is 4.13. The molecule has 23 heavy (non-hydrogen) atoms. The number of nitrogens with zero attached hydrogens (tertiary/aromatic N) is 1. The lowest BCUT2D eigenvalue weighted by atomic mass is 9.96. The van der Waals surface area contributed by atoms with Crippen LogP contribution in [0.1, 0.15) is 18.4 Å². The Morgan fingerprint density at radius 1 is 1.30 bits per heavy atom. The van der Waals surface area contributed by atoms with Gasteiger partial charge in [0.2, 0.25) is 5.91 Å². The lowest BCUT2D eigenvalue weighted by Crippen LogP contribution is -2.47. The first kappa shape index (κ1) is 17.1. The normalized spacial score (nSPS) is 15.1. The molecule has 1 aromatic rings. The second kappa shape index (κ2) is 8.41. The molecule has 6 heteroatoms. The molecular weight excluding hydrogens is 294 g/mol. The Morgan fingerprint density at radius 2 is 2.04 bits per heavy atom. The number of likely N-dealkylation sites (tertiary alicyclic amines) is 1. The van der Waals surface area contributed by atoms with Crippen molar-refractivity contribution in [2.75, 3.05) is 33.3 Å². The van der Waals surface area contributed by atoms with Crippen LogP contribution in [-0.2, 0) is 4.79 Å². The molecule has 0 aliphatic carbocycles. The van der Waals surface area contributed by atoms with Gasteiger partial charge < -0.3 is 20.3 Å². The third kappa shape index (κ3) is 5.16. The van der Waals surface area contributed by atoms with Gasteiger partial charge in [-0.25, -0.2) is 4.79 Å². The Labute approximate surface area is 137 Å². The molecule has 0 spiro atoms. The van der Waals surface area contributed by atoms with Crippen LogP contribution < -0.4 is 15.4 Å². The van der Waals surface area contributed by atoms with E-state index in [-0.39, 0.29) is 17.9 Å². The minimum Gasteiger partial charge on any atom is -0.492 e. The van der Waals surface area contributed by atoms with Crippen molar-refractivity contribution in [3.8, 4) is 5.75 Å². The van der Waals surface area contributed by atoms with Crippen molar-refractivity contribution in [3.05, 3.63) is 29.8 Å². The number of aryl methyl sites for hydroxylation is 1. The van der Waals surface area contributed by atoms with Crippen molar-refractivity contribution in [3.63, 3.8) is 0 Å². The number of hydrogen-bond donors (Lipinski definition) is 2. The minimum atomic E-state index is -0.0896. The molecule has 0 atom stereocenters. The Hall–Kier alpha value is -2.24. The van der Waals surface area contributed by atoms with Crippen LogP contribution in [0.25, 0.3) is 0 Å². The summed E-state index contributed by atoms with van der Waals surface area (Å²) in [5.41, 5.74) is 1.14. The number of carbonyl (C=O) groups is 2. The molecule has 1 aliphatic heterocycles. The van der Waals surface area contributed by atoms with Crippen molar-refractivity contribution < 1.29 is 14.3 Å². The summed E-state index contributed by atoms with van der Waals surface area (Å²) in [5.74, 6) is 0.899. The topological polar surface area (TPSA) is 70.7 Å². The van der Waals surface area contributed by atoms with Gasteiger partial charge in [0.25, 0.3) is 0 Å².